The number of benzene rings is 1. The fourth-order valence-corrected chi connectivity index (χ4v) is 10.2. The molecule has 0 saturated heterocycles. The third-order valence-corrected chi connectivity index (χ3v) is 12.5. The molecular formula is C31H44O3S. The summed E-state index contributed by atoms with van der Waals surface area (Å²) in [6, 6.07) is 6.70. The minimum atomic E-state index is -3.83. The molecule has 5 rings (SSSR count). The largest absolute Gasteiger partial charge is 0.347 e. The molecule has 0 N–H and O–H groups in total. The van der Waals surface area contributed by atoms with Gasteiger partial charge in [-0.25, -0.2) is 0 Å². The monoisotopic (exact) mass is 496 g/mol. The first-order chi connectivity index (χ1) is 16.6. The van der Waals surface area contributed by atoms with Gasteiger partial charge in [0, 0.05) is 6.42 Å². The summed E-state index contributed by atoms with van der Waals surface area (Å²) in [6.07, 6.45) is 17.4. The van der Waals surface area contributed by atoms with E-state index >= 15 is 0 Å². The standard InChI is InChI=1S/C31H44O3S/c1-22-10-13-25(14-11-22)35(32,33)34-21-7-8-23(2)27-16-17-28-26-15-12-24-9-5-6-19-30(24,3)29(26)18-20-31(27,28)4/h10-11,13-14,23-24,26-29H,5-6,8-9,12,15-20H2,1-4H3/t23-,24?,26+,27-,28+,29+,30+,31-/m1/s1. The summed E-state index contributed by atoms with van der Waals surface area (Å²) in [5.74, 6) is 7.89. The maximum absolute atomic E-state index is 12.4. The van der Waals surface area contributed by atoms with E-state index in [1.54, 1.807) is 24.3 Å². The van der Waals surface area contributed by atoms with E-state index < -0.39 is 10.1 Å². The SMILES string of the molecule is Cc1ccc(S(=O)(=O)OC#CC[C@@H](C)[C@H]2CC[C@H]3[C@@H]4CCC5CCCC[C@]5(C)[C@H]4CC[C@]23C)cc1. The lowest BCUT2D eigenvalue weighted by atomic mass is 9.44. The predicted molar refractivity (Wildman–Crippen MR) is 141 cm³/mol. The molecule has 0 heterocycles. The molecule has 0 radical (unpaired) electrons. The number of hydrogen-bond donors (Lipinski definition) is 0. The van der Waals surface area contributed by atoms with Crippen LogP contribution < -0.4 is 0 Å². The maximum Gasteiger partial charge on any atom is 0.347 e. The number of rotatable bonds is 4. The molecule has 4 aliphatic carbocycles. The lowest BCUT2D eigenvalue weighted by Gasteiger charge is -2.60. The topological polar surface area (TPSA) is 43.4 Å². The Balaban J connectivity index is 1.23. The third-order valence-electron chi connectivity index (χ3n) is 11.3. The molecule has 0 aliphatic heterocycles. The summed E-state index contributed by atoms with van der Waals surface area (Å²) in [7, 11) is -3.83. The normalized spacial score (nSPS) is 39.4. The molecule has 4 saturated carbocycles. The fraction of sp³-hybridized carbons (Fsp3) is 0.742. The Bertz CT molecular complexity index is 1080. The second-order valence-corrected chi connectivity index (χ2v) is 14.5. The van der Waals surface area contributed by atoms with Crippen LogP contribution in [0.3, 0.4) is 0 Å². The van der Waals surface area contributed by atoms with Crippen LogP contribution in [0.4, 0.5) is 0 Å². The van der Waals surface area contributed by atoms with Gasteiger partial charge in [-0.05, 0) is 117 Å². The van der Waals surface area contributed by atoms with Crippen LogP contribution in [0.25, 0.3) is 0 Å². The Morgan fingerprint density at radius 1 is 0.943 bits per heavy atom. The molecule has 1 unspecified atom stereocenters. The zero-order valence-electron chi connectivity index (χ0n) is 22.2. The van der Waals surface area contributed by atoms with E-state index in [0.717, 1.165) is 29.2 Å². The van der Waals surface area contributed by atoms with Crippen LogP contribution in [-0.2, 0) is 14.3 Å². The van der Waals surface area contributed by atoms with Gasteiger partial charge in [0.15, 0.2) is 0 Å². The minimum Gasteiger partial charge on any atom is -0.324 e. The van der Waals surface area contributed by atoms with Gasteiger partial charge in [-0.1, -0.05) is 57.2 Å². The van der Waals surface area contributed by atoms with Crippen molar-refractivity contribution in [2.24, 2.45) is 46.3 Å². The second kappa shape index (κ2) is 9.44. The summed E-state index contributed by atoms with van der Waals surface area (Å²) in [6.45, 7) is 9.50. The summed E-state index contributed by atoms with van der Waals surface area (Å²) < 4.78 is 29.9. The average molecular weight is 497 g/mol. The highest BCUT2D eigenvalue weighted by molar-refractivity contribution is 7.86. The van der Waals surface area contributed by atoms with Crippen molar-refractivity contribution in [2.45, 2.75) is 103 Å². The van der Waals surface area contributed by atoms with Gasteiger partial charge >= 0.3 is 10.1 Å². The van der Waals surface area contributed by atoms with E-state index in [-0.39, 0.29) is 4.90 Å². The van der Waals surface area contributed by atoms with Crippen LogP contribution >= 0.6 is 0 Å². The van der Waals surface area contributed by atoms with Crippen LogP contribution in [0.15, 0.2) is 29.2 Å². The van der Waals surface area contributed by atoms with Crippen molar-refractivity contribution in [3.05, 3.63) is 29.8 Å². The highest BCUT2D eigenvalue weighted by Crippen LogP contribution is 2.68. The smallest absolute Gasteiger partial charge is 0.324 e. The quantitative estimate of drug-likeness (QED) is 0.316. The highest BCUT2D eigenvalue weighted by atomic mass is 32.2. The van der Waals surface area contributed by atoms with E-state index in [1.165, 1.54) is 64.2 Å². The molecule has 3 nitrogen and oxygen atoms in total. The molecule has 0 amide bonds. The summed E-state index contributed by atoms with van der Waals surface area (Å²) in [5.41, 5.74) is 2.02. The summed E-state index contributed by atoms with van der Waals surface area (Å²) >= 11 is 0. The van der Waals surface area contributed by atoms with E-state index in [2.05, 4.69) is 32.8 Å². The Morgan fingerprint density at radius 2 is 1.69 bits per heavy atom. The van der Waals surface area contributed by atoms with Crippen LogP contribution in [0.1, 0.15) is 97.0 Å². The molecule has 1 aromatic rings. The van der Waals surface area contributed by atoms with Crippen molar-refractivity contribution in [1.82, 2.24) is 0 Å². The van der Waals surface area contributed by atoms with Crippen molar-refractivity contribution in [2.75, 3.05) is 0 Å². The lowest BCUT2D eigenvalue weighted by molar-refractivity contribution is -0.114. The molecule has 35 heavy (non-hydrogen) atoms. The molecule has 192 valence electrons. The zero-order valence-corrected chi connectivity index (χ0v) is 23.0. The fourth-order valence-electron chi connectivity index (χ4n) is 9.45. The predicted octanol–water partition coefficient (Wildman–Crippen LogP) is 7.74. The van der Waals surface area contributed by atoms with Crippen LogP contribution in [0.2, 0.25) is 0 Å². The Hall–Kier alpha value is -1.47. The van der Waals surface area contributed by atoms with Gasteiger partial charge in [0.25, 0.3) is 0 Å². The van der Waals surface area contributed by atoms with Crippen LogP contribution in [-0.4, -0.2) is 8.42 Å². The third kappa shape index (κ3) is 4.45. The molecular weight excluding hydrogens is 452 g/mol. The molecule has 0 aromatic heterocycles. The van der Waals surface area contributed by atoms with E-state index in [4.69, 9.17) is 4.18 Å². The molecule has 0 spiro atoms. The number of fused-ring (bicyclic) bond motifs is 5. The van der Waals surface area contributed by atoms with Gasteiger partial charge in [-0.2, -0.15) is 8.42 Å². The first kappa shape index (κ1) is 25.2. The molecule has 1 aromatic carbocycles. The Morgan fingerprint density at radius 3 is 2.46 bits per heavy atom. The Kier molecular flexibility index (Phi) is 6.79. The Labute approximate surface area is 213 Å². The van der Waals surface area contributed by atoms with E-state index in [1.807, 2.05) is 6.92 Å². The van der Waals surface area contributed by atoms with Crippen LogP contribution in [0.5, 0.6) is 0 Å². The van der Waals surface area contributed by atoms with Crippen molar-refractivity contribution in [3.8, 4) is 12.0 Å². The van der Waals surface area contributed by atoms with Crippen molar-refractivity contribution >= 4 is 10.1 Å². The lowest BCUT2D eigenvalue weighted by Crippen LogP contribution is -2.53. The van der Waals surface area contributed by atoms with Gasteiger partial charge in [0.1, 0.15) is 11.0 Å². The number of aryl methyl sites for hydroxylation is 1. The molecule has 4 aliphatic rings. The molecule has 4 fully saturated rings. The van der Waals surface area contributed by atoms with Gasteiger partial charge in [-0.15, -0.1) is 0 Å². The van der Waals surface area contributed by atoms with Gasteiger partial charge < -0.3 is 4.18 Å². The maximum atomic E-state index is 12.4. The van der Waals surface area contributed by atoms with Gasteiger partial charge in [-0.3, -0.25) is 0 Å². The van der Waals surface area contributed by atoms with E-state index in [9.17, 15) is 8.42 Å². The number of hydrogen-bond acceptors (Lipinski definition) is 3. The van der Waals surface area contributed by atoms with Crippen molar-refractivity contribution < 1.29 is 12.6 Å². The highest BCUT2D eigenvalue weighted by Gasteiger charge is 2.60. The first-order valence-corrected chi connectivity index (χ1v) is 15.5. The van der Waals surface area contributed by atoms with Gasteiger partial charge in [0.2, 0.25) is 0 Å². The summed E-state index contributed by atoms with van der Waals surface area (Å²) in [4.78, 5) is 0.162. The second-order valence-electron chi connectivity index (χ2n) is 12.9. The van der Waals surface area contributed by atoms with E-state index in [0.29, 0.717) is 29.1 Å². The summed E-state index contributed by atoms with van der Waals surface area (Å²) in [5, 5.41) is 0. The molecule has 8 atom stereocenters. The zero-order chi connectivity index (χ0) is 24.8. The molecule has 0 bridgehead atoms. The minimum absolute atomic E-state index is 0.162. The van der Waals surface area contributed by atoms with Gasteiger partial charge in [0.05, 0.1) is 0 Å². The van der Waals surface area contributed by atoms with Crippen LogP contribution in [0, 0.1) is 65.3 Å². The average Bonchev–Trinajstić information content (AvgIpc) is 3.19. The molecule has 4 heteroatoms. The first-order valence-electron chi connectivity index (χ1n) is 14.1. The van der Waals surface area contributed by atoms with Crippen molar-refractivity contribution in [1.29, 1.82) is 0 Å². The van der Waals surface area contributed by atoms with Crippen molar-refractivity contribution in [3.63, 3.8) is 0 Å².